The Hall–Kier alpha value is -2.64. The van der Waals surface area contributed by atoms with Crippen LogP contribution in [-0.4, -0.2) is 28.7 Å². The van der Waals surface area contributed by atoms with Gasteiger partial charge in [0.2, 0.25) is 0 Å². The van der Waals surface area contributed by atoms with Gasteiger partial charge in [-0.3, -0.25) is 24.6 Å². The van der Waals surface area contributed by atoms with E-state index in [0.29, 0.717) is 10.6 Å². The van der Waals surface area contributed by atoms with Gasteiger partial charge in [0.05, 0.1) is 15.4 Å². The maximum atomic E-state index is 12.5. The van der Waals surface area contributed by atoms with Crippen molar-refractivity contribution >= 4 is 46.4 Å². The van der Waals surface area contributed by atoms with E-state index in [-0.39, 0.29) is 16.2 Å². The molecule has 3 rings (SSSR count). The number of hydrogen-bond acceptors (Lipinski definition) is 5. The van der Waals surface area contributed by atoms with E-state index in [2.05, 4.69) is 0 Å². The predicted molar refractivity (Wildman–Crippen MR) is 95.1 cm³/mol. The van der Waals surface area contributed by atoms with Crippen molar-refractivity contribution < 1.29 is 14.5 Å². The van der Waals surface area contributed by atoms with E-state index in [0.717, 1.165) is 21.6 Å². The number of imide groups is 1. The SMILES string of the molecule is CN1C(=O)C(Sc2ccc(Cl)cc2)=C(c2ccc([N+](=O)[O-])cc2)C1=O. The summed E-state index contributed by atoms with van der Waals surface area (Å²) >= 11 is 7.03. The molecule has 0 spiro atoms. The highest BCUT2D eigenvalue weighted by molar-refractivity contribution is 8.04. The van der Waals surface area contributed by atoms with Crippen LogP contribution in [0.2, 0.25) is 5.02 Å². The van der Waals surface area contributed by atoms with Crippen LogP contribution in [0.15, 0.2) is 58.3 Å². The number of rotatable bonds is 4. The molecule has 126 valence electrons. The Balaban J connectivity index is 2.05. The molecule has 0 radical (unpaired) electrons. The number of likely N-dealkylation sites (N-methyl/N-ethyl adjacent to an activating group) is 1. The molecule has 0 aromatic heterocycles. The summed E-state index contributed by atoms with van der Waals surface area (Å²) in [5.41, 5.74) is 0.619. The number of nitro groups is 1. The second-order valence-corrected chi connectivity index (χ2v) is 6.75. The molecule has 0 bridgehead atoms. The average molecular weight is 375 g/mol. The second kappa shape index (κ2) is 6.70. The third-order valence-electron chi connectivity index (χ3n) is 3.64. The van der Waals surface area contributed by atoms with Crippen LogP contribution in [0.3, 0.4) is 0 Å². The van der Waals surface area contributed by atoms with Crippen LogP contribution in [0.25, 0.3) is 5.57 Å². The lowest BCUT2D eigenvalue weighted by Gasteiger charge is -2.06. The van der Waals surface area contributed by atoms with Gasteiger partial charge in [-0.25, -0.2) is 0 Å². The highest BCUT2D eigenvalue weighted by Crippen LogP contribution is 2.39. The van der Waals surface area contributed by atoms with Gasteiger partial charge in [-0.05, 0) is 42.0 Å². The van der Waals surface area contributed by atoms with Crippen molar-refractivity contribution in [1.29, 1.82) is 0 Å². The monoisotopic (exact) mass is 374 g/mol. The van der Waals surface area contributed by atoms with Gasteiger partial charge in [-0.15, -0.1) is 0 Å². The van der Waals surface area contributed by atoms with Gasteiger partial charge < -0.3 is 0 Å². The molecule has 1 aliphatic rings. The van der Waals surface area contributed by atoms with Crippen molar-refractivity contribution in [1.82, 2.24) is 4.90 Å². The third-order valence-corrected chi connectivity index (χ3v) is 4.99. The molecule has 0 fully saturated rings. The molecule has 1 heterocycles. The lowest BCUT2D eigenvalue weighted by atomic mass is 10.1. The molecule has 0 aliphatic carbocycles. The number of nitro benzene ring substituents is 1. The molecule has 6 nitrogen and oxygen atoms in total. The minimum absolute atomic E-state index is 0.0821. The Morgan fingerprint density at radius 3 is 2.16 bits per heavy atom. The number of carbonyl (C=O) groups excluding carboxylic acids is 2. The summed E-state index contributed by atoms with van der Waals surface area (Å²) in [6.07, 6.45) is 0. The van der Waals surface area contributed by atoms with Crippen LogP contribution >= 0.6 is 23.4 Å². The van der Waals surface area contributed by atoms with Gasteiger partial charge in [0.15, 0.2) is 0 Å². The molecular formula is C17H11ClN2O4S. The minimum Gasteiger partial charge on any atom is -0.277 e. The first-order chi connectivity index (χ1) is 11.9. The highest BCUT2D eigenvalue weighted by atomic mass is 35.5. The van der Waals surface area contributed by atoms with E-state index >= 15 is 0 Å². The van der Waals surface area contributed by atoms with Crippen molar-refractivity contribution in [2.24, 2.45) is 0 Å². The summed E-state index contributed by atoms with van der Waals surface area (Å²) in [6, 6.07) is 12.5. The Bertz CT molecular complexity index is 907. The fraction of sp³-hybridized carbons (Fsp3) is 0.0588. The normalized spacial score (nSPS) is 14.4. The molecular weight excluding hydrogens is 364 g/mol. The lowest BCUT2D eigenvalue weighted by molar-refractivity contribution is -0.384. The quantitative estimate of drug-likeness (QED) is 0.462. The summed E-state index contributed by atoms with van der Waals surface area (Å²) in [5.74, 6) is -0.839. The van der Waals surface area contributed by atoms with Crippen molar-refractivity contribution in [3.05, 3.63) is 74.1 Å². The van der Waals surface area contributed by atoms with Crippen molar-refractivity contribution in [3.63, 3.8) is 0 Å². The Morgan fingerprint density at radius 2 is 1.60 bits per heavy atom. The first-order valence-electron chi connectivity index (χ1n) is 7.13. The number of non-ortho nitro benzene ring substituents is 1. The van der Waals surface area contributed by atoms with Gasteiger partial charge in [-0.1, -0.05) is 23.4 Å². The summed E-state index contributed by atoms with van der Waals surface area (Å²) < 4.78 is 0. The van der Waals surface area contributed by atoms with Crippen molar-refractivity contribution in [2.75, 3.05) is 7.05 Å². The van der Waals surface area contributed by atoms with Crippen LogP contribution in [0.4, 0.5) is 5.69 Å². The molecule has 1 aliphatic heterocycles. The zero-order valence-electron chi connectivity index (χ0n) is 12.9. The lowest BCUT2D eigenvalue weighted by Crippen LogP contribution is -2.26. The molecule has 2 aromatic carbocycles. The third kappa shape index (κ3) is 3.29. The van der Waals surface area contributed by atoms with Crippen LogP contribution in [0.1, 0.15) is 5.56 Å². The van der Waals surface area contributed by atoms with Gasteiger partial charge in [0.25, 0.3) is 17.5 Å². The predicted octanol–water partition coefficient (Wildman–Crippen LogP) is 3.75. The number of carbonyl (C=O) groups is 2. The first-order valence-corrected chi connectivity index (χ1v) is 8.33. The Morgan fingerprint density at radius 1 is 1.00 bits per heavy atom. The van der Waals surface area contributed by atoms with Crippen molar-refractivity contribution in [3.8, 4) is 0 Å². The maximum absolute atomic E-state index is 12.5. The van der Waals surface area contributed by atoms with Crippen molar-refractivity contribution in [2.45, 2.75) is 4.90 Å². The summed E-state index contributed by atoms with van der Waals surface area (Å²) in [4.78, 5) is 37.2. The van der Waals surface area contributed by atoms with Gasteiger partial charge in [0, 0.05) is 29.1 Å². The van der Waals surface area contributed by atoms with E-state index in [1.54, 1.807) is 24.3 Å². The molecule has 0 N–H and O–H groups in total. The van der Waals surface area contributed by atoms with Crippen LogP contribution < -0.4 is 0 Å². The zero-order valence-corrected chi connectivity index (χ0v) is 14.5. The Labute approximate surface area is 152 Å². The van der Waals surface area contributed by atoms with Gasteiger partial charge >= 0.3 is 0 Å². The fourth-order valence-electron chi connectivity index (χ4n) is 2.34. The minimum atomic E-state index is -0.519. The van der Waals surface area contributed by atoms with Gasteiger partial charge in [-0.2, -0.15) is 0 Å². The Kier molecular flexibility index (Phi) is 4.61. The molecule has 2 amide bonds. The average Bonchev–Trinajstić information content (AvgIpc) is 2.81. The number of benzene rings is 2. The molecule has 0 unspecified atom stereocenters. The van der Waals surface area contributed by atoms with Gasteiger partial charge in [0.1, 0.15) is 0 Å². The summed E-state index contributed by atoms with van der Waals surface area (Å²) in [7, 11) is 1.41. The second-order valence-electron chi connectivity index (χ2n) is 5.23. The maximum Gasteiger partial charge on any atom is 0.269 e. The number of hydrogen-bond donors (Lipinski definition) is 0. The standard InChI is InChI=1S/C17H11ClN2O4S/c1-19-16(21)14(10-2-6-12(7-3-10)20(23)24)15(17(19)22)25-13-8-4-11(18)5-9-13/h2-9H,1H3. The molecule has 0 atom stereocenters. The van der Waals surface area contributed by atoms with Crippen LogP contribution in [0, 0.1) is 10.1 Å². The molecule has 25 heavy (non-hydrogen) atoms. The first kappa shape index (κ1) is 17.2. The fourth-order valence-corrected chi connectivity index (χ4v) is 3.50. The van der Waals surface area contributed by atoms with E-state index in [1.165, 1.54) is 31.3 Å². The number of amides is 2. The summed E-state index contributed by atoms with van der Waals surface area (Å²) in [6.45, 7) is 0. The summed E-state index contributed by atoms with van der Waals surface area (Å²) in [5, 5.41) is 11.4. The zero-order chi connectivity index (χ0) is 18.1. The van der Waals surface area contributed by atoms with E-state index in [1.807, 2.05) is 0 Å². The number of halogens is 1. The molecule has 0 saturated carbocycles. The largest absolute Gasteiger partial charge is 0.277 e. The topological polar surface area (TPSA) is 80.5 Å². The van der Waals surface area contributed by atoms with E-state index < -0.39 is 16.7 Å². The van der Waals surface area contributed by atoms with E-state index in [4.69, 9.17) is 11.6 Å². The number of thioether (sulfide) groups is 1. The molecule has 2 aromatic rings. The highest BCUT2D eigenvalue weighted by Gasteiger charge is 2.37. The van der Waals surface area contributed by atoms with E-state index in [9.17, 15) is 19.7 Å². The molecule has 0 saturated heterocycles. The smallest absolute Gasteiger partial charge is 0.269 e. The molecule has 8 heteroatoms. The number of nitrogens with zero attached hydrogens (tertiary/aromatic N) is 2. The van der Waals surface area contributed by atoms with Crippen LogP contribution in [0.5, 0.6) is 0 Å². The van der Waals surface area contributed by atoms with Crippen LogP contribution in [-0.2, 0) is 9.59 Å².